The Morgan fingerprint density at radius 3 is 2.33 bits per heavy atom. The average molecular weight is 332 g/mol. The Balaban J connectivity index is 1.76. The minimum atomic E-state index is -0.285. The van der Waals surface area contributed by atoms with Crippen molar-refractivity contribution in [2.75, 3.05) is 32.2 Å². The van der Waals surface area contributed by atoms with Crippen LogP contribution in [0.5, 0.6) is 11.5 Å². The van der Waals surface area contributed by atoms with Gasteiger partial charge in [0.1, 0.15) is 35.3 Å². The Morgan fingerprint density at radius 1 is 1.04 bits per heavy atom. The molecule has 1 aromatic carbocycles. The molecule has 6 heteroatoms. The molecule has 0 spiro atoms. The first-order valence-electron chi connectivity index (χ1n) is 7.81. The second-order valence-electron chi connectivity index (χ2n) is 5.82. The number of anilines is 1. The molecule has 0 aliphatic carbocycles. The summed E-state index contributed by atoms with van der Waals surface area (Å²) in [5.74, 6) is 1.56. The Bertz CT molecular complexity index is 698. The third-order valence-corrected chi connectivity index (χ3v) is 4.24. The molecule has 1 aromatic heterocycles. The van der Waals surface area contributed by atoms with Gasteiger partial charge in [-0.25, -0.2) is 9.37 Å². The number of aromatic nitrogens is 1. The van der Waals surface area contributed by atoms with Crippen molar-refractivity contribution in [1.29, 1.82) is 0 Å². The van der Waals surface area contributed by atoms with Gasteiger partial charge in [0.15, 0.2) is 0 Å². The topological polar surface area (TPSA) is 43.8 Å². The van der Waals surface area contributed by atoms with Gasteiger partial charge in [0.2, 0.25) is 0 Å². The highest BCUT2D eigenvalue weighted by atomic mass is 19.1. The van der Waals surface area contributed by atoms with Gasteiger partial charge in [-0.3, -0.25) is 0 Å². The number of benzene rings is 1. The van der Waals surface area contributed by atoms with Crippen molar-refractivity contribution in [3.63, 3.8) is 0 Å². The molecule has 1 aliphatic rings. The molecule has 5 nitrogen and oxygen atoms in total. The van der Waals surface area contributed by atoms with Gasteiger partial charge < -0.3 is 19.1 Å². The van der Waals surface area contributed by atoms with Gasteiger partial charge in [0, 0.05) is 45.6 Å². The first-order chi connectivity index (χ1) is 11.6. The smallest absolute Gasteiger partial charge is 0.132 e. The standard InChI is InChI=1S/C18H21FN2O3/c1-12-4-5-13(8-15(12)19)24-14-6-7-20-18(9-14)21-10-16(22-2)17(11-21)23-3/h4-9,16-17H,10-11H2,1-3H3. The molecule has 3 rings (SSSR count). The normalized spacial score (nSPS) is 20.4. The predicted molar refractivity (Wildman–Crippen MR) is 89.3 cm³/mol. The summed E-state index contributed by atoms with van der Waals surface area (Å²) in [5, 5.41) is 0. The molecule has 1 aliphatic heterocycles. The quantitative estimate of drug-likeness (QED) is 0.841. The molecule has 0 bridgehead atoms. The summed E-state index contributed by atoms with van der Waals surface area (Å²) in [7, 11) is 3.36. The number of pyridine rings is 1. The highest BCUT2D eigenvalue weighted by Crippen LogP contribution is 2.28. The lowest BCUT2D eigenvalue weighted by Crippen LogP contribution is -2.27. The van der Waals surface area contributed by atoms with Crippen molar-refractivity contribution in [1.82, 2.24) is 4.98 Å². The van der Waals surface area contributed by atoms with Gasteiger partial charge in [-0.2, -0.15) is 0 Å². The van der Waals surface area contributed by atoms with Crippen LogP contribution in [-0.2, 0) is 9.47 Å². The minimum absolute atomic E-state index is 0.00701. The van der Waals surface area contributed by atoms with E-state index in [2.05, 4.69) is 9.88 Å². The number of hydrogen-bond acceptors (Lipinski definition) is 5. The van der Waals surface area contributed by atoms with Crippen molar-refractivity contribution in [2.24, 2.45) is 0 Å². The molecule has 0 radical (unpaired) electrons. The van der Waals surface area contributed by atoms with E-state index >= 15 is 0 Å². The fourth-order valence-corrected chi connectivity index (χ4v) is 2.79. The SMILES string of the molecule is COC1CN(c2cc(Oc3ccc(C)c(F)c3)ccn2)CC1OC. The van der Waals surface area contributed by atoms with Crippen LogP contribution < -0.4 is 9.64 Å². The summed E-state index contributed by atoms with van der Waals surface area (Å²) in [6.45, 7) is 3.12. The molecule has 0 amide bonds. The van der Waals surface area contributed by atoms with E-state index in [1.807, 2.05) is 6.07 Å². The first-order valence-corrected chi connectivity index (χ1v) is 7.81. The lowest BCUT2D eigenvalue weighted by atomic mass is 10.2. The molecular weight excluding hydrogens is 311 g/mol. The van der Waals surface area contributed by atoms with Crippen LogP contribution >= 0.6 is 0 Å². The zero-order valence-corrected chi connectivity index (χ0v) is 14.0. The van der Waals surface area contributed by atoms with Gasteiger partial charge >= 0.3 is 0 Å². The van der Waals surface area contributed by atoms with Crippen LogP contribution in [0, 0.1) is 12.7 Å². The second-order valence-corrected chi connectivity index (χ2v) is 5.82. The monoisotopic (exact) mass is 332 g/mol. The third kappa shape index (κ3) is 3.49. The van der Waals surface area contributed by atoms with Gasteiger partial charge in [0.25, 0.3) is 0 Å². The molecule has 2 heterocycles. The summed E-state index contributed by atoms with van der Waals surface area (Å²) in [5.41, 5.74) is 0.589. The molecule has 0 N–H and O–H groups in total. The number of aryl methyl sites for hydroxylation is 1. The van der Waals surface area contributed by atoms with Crippen LogP contribution in [0.2, 0.25) is 0 Å². The number of methoxy groups -OCH3 is 2. The number of rotatable bonds is 5. The molecule has 128 valence electrons. The van der Waals surface area contributed by atoms with E-state index in [1.54, 1.807) is 45.5 Å². The minimum Gasteiger partial charge on any atom is -0.457 e. The third-order valence-electron chi connectivity index (χ3n) is 4.24. The maximum absolute atomic E-state index is 13.6. The van der Waals surface area contributed by atoms with Crippen molar-refractivity contribution < 1.29 is 18.6 Å². The van der Waals surface area contributed by atoms with E-state index in [-0.39, 0.29) is 18.0 Å². The molecular formula is C18H21FN2O3. The molecule has 2 unspecified atom stereocenters. The summed E-state index contributed by atoms with van der Waals surface area (Å²) in [6.07, 6.45) is 1.69. The Labute approximate surface area is 141 Å². The lowest BCUT2D eigenvalue weighted by molar-refractivity contribution is -0.00461. The predicted octanol–water partition coefficient (Wildman–Crippen LogP) is 3.17. The number of hydrogen-bond donors (Lipinski definition) is 0. The van der Waals surface area contributed by atoms with Gasteiger partial charge in [0.05, 0.1) is 0 Å². The molecule has 2 atom stereocenters. The van der Waals surface area contributed by atoms with Crippen molar-refractivity contribution >= 4 is 5.82 Å². The van der Waals surface area contributed by atoms with Crippen LogP contribution in [-0.4, -0.2) is 44.5 Å². The highest BCUT2D eigenvalue weighted by molar-refractivity contribution is 5.46. The average Bonchev–Trinajstić information content (AvgIpc) is 3.02. The molecule has 2 aromatic rings. The van der Waals surface area contributed by atoms with Crippen LogP contribution in [0.3, 0.4) is 0 Å². The number of ether oxygens (including phenoxy) is 3. The van der Waals surface area contributed by atoms with Gasteiger partial charge in [-0.05, 0) is 24.6 Å². The highest BCUT2D eigenvalue weighted by Gasteiger charge is 2.33. The molecule has 24 heavy (non-hydrogen) atoms. The van der Waals surface area contributed by atoms with Crippen LogP contribution in [0.4, 0.5) is 10.2 Å². The van der Waals surface area contributed by atoms with Gasteiger partial charge in [-0.1, -0.05) is 6.07 Å². The Kier molecular flexibility index (Phi) is 4.97. The summed E-state index contributed by atoms with van der Waals surface area (Å²) < 4.78 is 30.3. The van der Waals surface area contributed by atoms with Gasteiger partial charge in [-0.15, -0.1) is 0 Å². The molecule has 1 saturated heterocycles. The van der Waals surface area contributed by atoms with E-state index in [0.717, 1.165) is 5.82 Å². The fraction of sp³-hybridized carbons (Fsp3) is 0.389. The van der Waals surface area contributed by atoms with E-state index < -0.39 is 0 Å². The molecule has 1 fully saturated rings. The van der Waals surface area contributed by atoms with Crippen LogP contribution in [0.1, 0.15) is 5.56 Å². The zero-order chi connectivity index (χ0) is 17.1. The maximum Gasteiger partial charge on any atom is 0.132 e. The van der Waals surface area contributed by atoms with Crippen molar-refractivity contribution in [3.8, 4) is 11.5 Å². The molecule has 0 saturated carbocycles. The van der Waals surface area contributed by atoms with Crippen molar-refractivity contribution in [2.45, 2.75) is 19.1 Å². The van der Waals surface area contributed by atoms with Crippen LogP contribution in [0.25, 0.3) is 0 Å². The second kappa shape index (κ2) is 7.15. The summed E-state index contributed by atoms with van der Waals surface area (Å²) in [6, 6.07) is 8.41. The maximum atomic E-state index is 13.6. The number of nitrogens with zero attached hydrogens (tertiary/aromatic N) is 2. The Hall–Kier alpha value is -2.18. The summed E-state index contributed by atoms with van der Waals surface area (Å²) >= 11 is 0. The van der Waals surface area contributed by atoms with E-state index in [4.69, 9.17) is 14.2 Å². The fourth-order valence-electron chi connectivity index (χ4n) is 2.79. The van der Waals surface area contributed by atoms with Crippen molar-refractivity contribution in [3.05, 3.63) is 47.9 Å². The van der Waals surface area contributed by atoms with E-state index in [0.29, 0.717) is 30.2 Å². The van der Waals surface area contributed by atoms with E-state index in [1.165, 1.54) is 6.07 Å². The Morgan fingerprint density at radius 2 is 1.71 bits per heavy atom. The van der Waals surface area contributed by atoms with E-state index in [9.17, 15) is 4.39 Å². The summed E-state index contributed by atoms with van der Waals surface area (Å²) in [4.78, 5) is 6.48. The lowest BCUT2D eigenvalue weighted by Gasteiger charge is -2.17. The van der Waals surface area contributed by atoms with Crippen LogP contribution in [0.15, 0.2) is 36.5 Å². The first kappa shape index (κ1) is 16.7. The zero-order valence-electron chi connectivity index (χ0n) is 14.0. The largest absolute Gasteiger partial charge is 0.457 e. The number of halogens is 1.